The molecule has 0 bridgehead atoms. The molecule has 1 amide bonds. The maximum Gasteiger partial charge on any atom is 0.420 e. The van der Waals surface area contributed by atoms with E-state index in [4.69, 9.17) is 22.2 Å². The number of aromatic nitrogens is 1. The molecule has 15 heteroatoms. The number of hydrogen-bond donors (Lipinski definition) is 0. The van der Waals surface area contributed by atoms with Gasteiger partial charge < -0.3 is 19.2 Å². The lowest BCUT2D eigenvalue weighted by Crippen LogP contribution is -2.44. The van der Waals surface area contributed by atoms with Crippen LogP contribution >= 0.6 is 12.2 Å². The number of thiocarbonyl (C=S) groups is 1. The van der Waals surface area contributed by atoms with Gasteiger partial charge in [0.05, 0.1) is 41.5 Å². The molecule has 1 aromatic heterocycles. The Morgan fingerprint density at radius 3 is 2.33 bits per heavy atom. The lowest BCUT2D eigenvalue weighted by atomic mass is 10.0. The standard InChI is InChI=1S/C30H24F6N4O4S/c1-28(2)26(42)39(23-10-5-19(15-37)24(25(23)31)30(34,35)36)27(45)40(28)20-6-9-22(38-16-20)18-3-7-21(8-4-18)44-13-11-29(32,33)17-43-14-12-41/h3-10,12,16H,11,13-14,17H2,1-2H3. The van der Waals surface area contributed by atoms with Crippen molar-refractivity contribution in [1.29, 1.82) is 5.26 Å². The van der Waals surface area contributed by atoms with Crippen LogP contribution in [0.25, 0.3) is 11.3 Å². The molecule has 1 aliphatic heterocycles. The van der Waals surface area contributed by atoms with Gasteiger partial charge in [0.1, 0.15) is 36.4 Å². The quantitative estimate of drug-likeness (QED) is 0.103. The predicted octanol–water partition coefficient (Wildman–Crippen LogP) is 6.31. The molecule has 4 rings (SSSR count). The minimum atomic E-state index is -5.20. The zero-order valence-corrected chi connectivity index (χ0v) is 24.5. The first-order valence-corrected chi connectivity index (χ1v) is 13.6. The van der Waals surface area contributed by atoms with Crippen LogP contribution in [-0.2, 0) is 20.5 Å². The molecule has 0 aliphatic carbocycles. The van der Waals surface area contributed by atoms with Crippen molar-refractivity contribution < 1.29 is 45.4 Å². The molecule has 2 aromatic carbocycles. The fourth-order valence-electron chi connectivity index (χ4n) is 4.61. The number of hydrogen-bond acceptors (Lipinski definition) is 7. The molecule has 2 heterocycles. The second-order valence-corrected chi connectivity index (χ2v) is 10.7. The number of amides is 1. The first-order chi connectivity index (χ1) is 21.1. The fraction of sp³-hybridized carbons (Fsp3) is 0.300. The Morgan fingerprint density at radius 2 is 1.76 bits per heavy atom. The molecule has 1 fully saturated rings. The number of nitrogens with zero attached hydrogens (tertiary/aromatic N) is 4. The number of aldehydes is 1. The molecule has 1 saturated heterocycles. The van der Waals surface area contributed by atoms with Crippen LogP contribution in [0.3, 0.4) is 0 Å². The smallest absolute Gasteiger partial charge is 0.420 e. The highest BCUT2D eigenvalue weighted by Crippen LogP contribution is 2.42. The Balaban J connectivity index is 1.51. The van der Waals surface area contributed by atoms with E-state index in [1.165, 1.54) is 31.0 Å². The SMILES string of the molecule is CC1(C)C(=O)N(c2ccc(C#N)c(C(F)(F)F)c2F)C(=S)N1c1ccc(-c2ccc(OCCC(F)(F)COCC=O)cc2)nc1. The predicted molar refractivity (Wildman–Crippen MR) is 154 cm³/mol. The normalized spacial score (nSPS) is 14.9. The number of carbonyl (C=O) groups is 2. The zero-order valence-electron chi connectivity index (χ0n) is 23.7. The Bertz CT molecular complexity index is 1640. The Labute approximate surface area is 258 Å². The molecule has 0 saturated carbocycles. The summed E-state index contributed by atoms with van der Waals surface area (Å²) in [5.41, 5.74) is -3.52. The first-order valence-electron chi connectivity index (χ1n) is 13.2. The van der Waals surface area contributed by atoms with Crippen LogP contribution in [0.15, 0.2) is 54.7 Å². The highest BCUT2D eigenvalue weighted by Gasteiger charge is 2.52. The van der Waals surface area contributed by atoms with Gasteiger partial charge >= 0.3 is 6.18 Å². The Morgan fingerprint density at radius 1 is 1.07 bits per heavy atom. The van der Waals surface area contributed by atoms with E-state index in [0.29, 0.717) is 33.9 Å². The monoisotopic (exact) mass is 650 g/mol. The number of anilines is 2. The molecule has 0 atom stereocenters. The van der Waals surface area contributed by atoms with Gasteiger partial charge in [0.25, 0.3) is 11.8 Å². The van der Waals surface area contributed by atoms with Crippen molar-refractivity contribution in [2.75, 3.05) is 29.6 Å². The van der Waals surface area contributed by atoms with Crippen LogP contribution in [0, 0.1) is 17.1 Å². The van der Waals surface area contributed by atoms with Crippen LogP contribution in [-0.4, -0.2) is 53.6 Å². The summed E-state index contributed by atoms with van der Waals surface area (Å²) in [5.74, 6) is -5.43. The first kappa shape index (κ1) is 33.3. The molecule has 8 nitrogen and oxygen atoms in total. The summed E-state index contributed by atoms with van der Waals surface area (Å²) in [4.78, 5) is 30.0. The molecule has 0 spiro atoms. The highest BCUT2D eigenvalue weighted by atomic mass is 32.1. The molecule has 0 radical (unpaired) electrons. The Hall–Kier alpha value is -4.55. The summed E-state index contributed by atoms with van der Waals surface area (Å²) in [6.45, 7) is 1.32. The number of carbonyl (C=O) groups excluding carboxylic acids is 2. The molecule has 1 aliphatic rings. The van der Waals surface area contributed by atoms with E-state index in [-0.39, 0.29) is 11.7 Å². The lowest BCUT2D eigenvalue weighted by Gasteiger charge is -2.29. The van der Waals surface area contributed by atoms with Crippen molar-refractivity contribution in [3.05, 3.63) is 71.7 Å². The van der Waals surface area contributed by atoms with Crippen LogP contribution in [0.5, 0.6) is 5.75 Å². The van der Waals surface area contributed by atoms with Gasteiger partial charge in [-0.3, -0.25) is 14.7 Å². The van der Waals surface area contributed by atoms with Gasteiger partial charge in [0.2, 0.25) is 0 Å². The number of rotatable bonds is 11. The van der Waals surface area contributed by atoms with Crippen LogP contribution < -0.4 is 14.5 Å². The molecule has 0 N–H and O–H groups in total. The molecule has 3 aromatic rings. The minimum absolute atomic E-state index is 0.293. The minimum Gasteiger partial charge on any atom is -0.493 e. The topological polar surface area (TPSA) is 95.8 Å². The number of ether oxygens (including phenoxy) is 2. The maximum absolute atomic E-state index is 15.2. The Kier molecular flexibility index (Phi) is 9.50. The summed E-state index contributed by atoms with van der Waals surface area (Å²) in [6.07, 6.45) is -4.05. The van der Waals surface area contributed by atoms with E-state index in [1.54, 1.807) is 36.4 Å². The summed E-state index contributed by atoms with van der Waals surface area (Å²) >= 11 is 5.44. The van der Waals surface area contributed by atoms with Gasteiger partial charge in [-0.15, -0.1) is 0 Å². The van der Waals surface area contributed by atoms with Crippen molar-refractivity contribution in [1.82, 2.24) is 4.98 Å². The number of benzene rings is 2. The van der Waals surface area contributed by atoms with Gasteiger partial charge in [-0.1, -0.05) is 0 Å². The summed E-state index contributed by atoms with van der Waals surface area (Å²) < 4.78 is 93.5. The van der Waals surface area contributed by atoms with Gasteiger partial charge in [0.15, 0.2) is 10.9 Å². The molecule has 0 unspecified atom stereocenters. The van der Waals surface area contributed by atoms with Crippen molar-refractivity contribution in [2.24, 2.45) is 0 Å². The summed E-state index contributed by atoms with van der Waals surface area (Å²) in [6, 6.07) is 12.6. The molecule has 236 valence electrons. The van der Waals surface area contributed by atoms with Gasteiger partial charge in [-0.25, -0.2) is 13.2 Å². The highest BCUT2D eigenvalue weighted by molar-refractivity contribution is 7.81. The number of nitriles is 1. The molecule has 45 heavy (non-hydrogen) atoms. The third-order valence-corrected chi connectivity index (χ3v) is 7.19. The second-order valence-electron chi connectivity index (χ2n) is 10.3. The summed E-state index contributed by atoms with van der Waals surface area (Å²) in [7, 11) is 0. The van der Waals surface area contributed by atoms with Crippen molar-refractivity contribution in [3.63, 3.8) is 0 Å². The average Bonchev–Trinajstić information content (AvgIpc) is 3.15. The molecular weight excluding hydrogens is 626 g/mol. The zero-order chi connectivity index (χ0) is 33.2. The number of pyridine rings is 1. The fourth-order valence-corrected chi connectivity index (χ4v) is 5.12. The van der Waals surface area contributed by atoms with E-state index in [9.17, 15) is 31.5 Å². The van der Waals surface area contributed by atoms with E-state index in [1.807, 2.05) is 0 Å². The van der Waals surface area contributed by atoms with E-state index >= 15 is 4.39 Å². The maximum atomic E-state index is 15.2. The largest absolute Gasteiger partial charge is 0.493 e. The lowest BCUT2D eigenvalue weighted by molar-refractivity contribution is -0.140. The van der Waals surface area contributed by atoms with E-state index in [0.717, 1.165) is 12.1 Å². The third-order valence-electron chi connectivity index (χ3n) is 6.83. The van der Waals surface area contributed by atoms with Crippen LogP contribution in [0.4, 0.5) is 37.7 Å². The van der Waals surface area contributed by atoms with Crippen LogP contribution in [0.2, 0.25) is 0 Å². The van der Waals surface area contributed by atoms with E-state index < -0.39 is 65.8 Å². The van der Waals surface area contributed by atoms with Crippen molar-refractivity contribution in [2.45, 2.75) is 37.9 Å². The van der Waals surface area contributed by atoms with E-state index in [2.05, 4.69) is 9.72 Å². The number of halogens is 6. The van der Waals surface area contributed by atoms with Gasteiger partial charge in [0, 0.05) is 12.0 Å². The average molecular weight is 651 g/mol. The second kappa shape index (κ2) is 12.8. The van der Waals surface area contributed by atoms with Crippen molar-refractivity contribution >= 4 is 40.9 Å². The van der Waals surface area contributed by atoms with Crippen LogP contribution in [0.1, 0.15) is 31.4 Å². The van der Waals surface area contributed by atoms with Gasteiger partial charge in [-0.05, 0) is 74.6 Å². The molecular formula is C30H24F6N4O4S. The summed E-state index contributed by atoms with van der Waals surface area (Å²) in [5, 5.41) is 8.78. The van der Waals surface area contributed by atoms with Gasteiger partial charge in [-0.2, -0.15) is 18.4 Å². The third kappa shape index (κ3) is 6.91. The van der Waals surface area contributed by atoms with Crippen molar-refractivity contribution in [3.8, 4) is 23.1 Å². The number of alkyl halides is 5.